The van der Waals surface area contributed by atoms with Gasteiger partial charge in [-0.15, -0.1) is 10.2 Å². The van der Waals surface area contributed by atoms with Crippen LogP contribution in [0, 0.1) is 17.1 Å². The highest BCUT2D eigenvalue weighted by Crippen LogP contribution is 2.50. The highest BCUT2D eigenvalue weighted by molar-refractivity contribution is 6.74. The van der Waals surface area contributed by atoms with Crippen LogP contribution in [0.3, 0.4) is 0 Å². The molecule has 0 radical (unpaired) electrons. The first-order chi connectivity index (χ1) is 23.5. The molecule has 5 atom stereocenters. The molecule has 13 nitrogen and oxygen atoms in total. The lowest BCUT2D eigenvalue weighted by Gasteiger charge is -2.37. The number of halogens is 1. The number of nitrogens with zero attached hydrogens (tertiary/aromatic N) is 4. The summed E-state index contributed by atoms with van der Waals surface area (Å²) < 4.78 is 46.6. The summed E-state index contributed by atoms with van der Waals surface area (Å²) in [7, 11) is -2.18. The number of amides is 2. The van der Waals surface area contributed by atoms with Gasteiger partial charge in [-0.2, -0.15) is 5.26 Å². The van der Waals surface area contributed by atoms with Gasteiger partial charge in [-0.3, -0.25) is 9.20 Å². The number of aromatic nitrogens is 3. The van der Waals surface area contributed by atoms with Crippen LogP contribution in [0.1, 0.15) is 73.6 Å². The first kappa shape index (κ1) is 38.3. The SMILES string of the molecule is CC(C)(C)OC(=O)N[C@](C)(Cc1ccc(F)cc1)C(=O)Nc1nncn2c([C@]3(C#N)O[C@H](CO[Si](C)(C)C(C)(C)C)[C@H]4OC(C)(C)O[C@H]43)ccc12. The molecule has 0 unspecified atom stereocenters. The minimum absolute atomic E-state index is 0.00107. The fourth-order valence-electron chi connectivity index (χ4n) is 6.05. The van der Waals surface area contributed by atoms with Crippen molar-refractivity contribution in [1.82, 2.24) is 19.9 Å². The number of anilines is 1. The Hall–Kier alpha value is -3.94. The van der Waals surface area contributed by atoms with Crippen molar-refractivity contribution in [3.63, 3.8) is 0 Å². The van der Waals surface area contributed by atoms with Crippen LogP contribution in [0.15, 0.2) is 42.7 Å². The number of fused-ring (bicyclic) bond motifs is 2. The van der Waals surface area contributed by atoms with Crippen molar-refractivity contribution in [3.05, 3.63) is 59.8 Å². The van der Waals surface area contributed by atoms with Gasteiger partial charge in [-0.1, -0.05) is 32.9 Å². The highest BCUT2D eigenvalue weighted by Gasteiger charge is 2.65. The van der Waals surface area contributed by atoms with E-state index in [1.807, 2.05) is 0 Å². The quantitative estimate of drug-likeness (QED) is 0.251. The van der Waals surface area contributed by atoms with E-state index >= 15 is 0 Å². The number of carbonyl (C=O) groups excluding carboxylic acids is 2. The Morgan fingerprint density at radius 1 is 1.04 bits per heavy atom. The van der Waals surface area contributed by atoms with E-state index in [4.69, 9.17) is 23.4 Å². The third kappa shape index (κ3) is 7.80. The molecule has 2 saturated heterocycles. The number of hydrogen-bond acceptors (Lipinski definition) is 10. The first-order valence-electron chi connectivity index (χ1n) is 17.0. The molecule has 0 aliphatic carbocycles. The van der Waals surface area contributed by atoms with Crippen molar-refractivity contribution >= 4 is 31.7 Å². The fraction of sp³-hybridized carbons (Fsp3) is 0.583. The third-order valence-corrected chi connectivity index (χ3v) is 14.2. The molecule has 0 saturated carbocycles. The van der Waals surface area contributed by atoms with E-state index < -0.39 is 67.0 Å². The molecule has 15 heteroatoms. The van der Waals surface area contributed by atoms with Gasteiger partial charge in [0.25, 0.3) is 5.91 Å². The summed E-state index contributed by atoms with van der Waals surface area (Å²) in [5.41, 5.74) is -2.63. The molecular weight excluding hydrogens is 676 g/mol. The van der Waals surface area contributed by atoms with E-state index in [1.54, 1.807) is 51.2 Å². The molecule has 2 N–H and O–H groups in total. The second-order valence-corrected chi connectivity index (χ2v) is 21.3. The van der Waals surface area contributed by atoms with Crippen LogP contribution in [0.25, 0.3) is 5.52 Å². The maximum absolute atomic E-state index is 14.1. The van der Waals surface area contributed by atoms with Crippen LogP contribution >= 0.6 is 0 Å². The van der Waals surface area contributed by atoms with Crippen LogP contribution in [0.5, 0.6) is 0 Å². The second-order valence-electron chi connectivity index (χ2n) is 16.5. The maximum atomic E-state index is 14.1. The Morgan fingerprint density at radius 3 is 2.31 bits per heavy atom. The molecule has 5 rings (SSSR count). The Labute approximate surface area is 299 Å². The van der Waals surface area contributed by atoms with Gasteiger partial charge in [0.15, 0.2) is 19.9 Å². The summed E-state index contributed by atoms with van der Waals surface area (Å²) >= 11 is 0. The lowest BCUT2D eigenvalue weighted by Crippen LogP contribution is -2.57. The van der Waals surface area contributed by atoms with Crippen LogP contribution in [-0.2, 0) is 40.2 Å². The van der Waals surface area contributed by atoms with E-state index in [9.17, 15) is 19.2 Å². The average molecular weight is 725 g/mol. The molecule has 51 heavy (non-hydrogen) atoms. The van der Waals surface area contributed by atoms with Gasteiger partial charge < -0.3 is 34.0 Å². The van der Waals surface area contributed by atoms with Gasteiger partial charge in [-0.25, -0.2) is 9.18 Å². The second kappa shape index (κ2) is 13.2. The molecule has 0 spiro atoms. The van der Waals surface area contributed by atoms with Gasteiger partial charge in [-0.05, 0) is 89.5 Å². The van der Waals surface area contributed by atoms with Crippen LogP contribution in [0.2, 0.25) is 18.1 Å². The molecule has 2 aliphatic heterocycles. The van der Waals surface area contributed by atoms with E-state index in [0.29, 0.717) is 16.8 Å². The van der Waals surface area contributed by atoms with Gasteiger partial charge in [0.2, 0.25) is 5.60 Å². The standard InChI is InChI=1S/C36H49FN6O7Si/c1-32(2,3)50-31(45)41-35(9,18-22-12-14-23(37)15-13-22)30(44)40-29-24-16-17-26(43(24)21-39-42-29)36(20-38)28-27(48-34(7,8)49-28)25(47-36)19-46-51(10,11)33(4,5)6/h12-17,21,25,27-28H,18-19H2,1-11H3,(H,41,45)(H,40,42,44)/t25-,27-,28-,35-,36+/m1/s1. The van der Waals surface area contributed by atoms with Crippen molar-refractivity contribution in [3.8, 4) is 6.07 Å². The lowest BCUT2D eigenvalue weighted by molar-refractivity contribution is -0.204. The van der Waals surface area contributed by atoms with Gasteiger partial charge in [0.1, 0.15) is 47.7 Å². The molecular formula is C36H49FN6O7Si. The molecule has 2 aromatic heterocycles. The van der Waals surface area contributed by atoms with Gasteiger partial charge in [0, 0.05) is 6.42 Å². The van der Waals surface area contributed by atoms with Gasteiger partial charge in [0.05, 0.1) is 17.8 Å². The van der Waals surface area contributed by atoms with Crippen molar-refractivity contribution in [2.75, 3.05) is 11.9 Å². The van der Waals surface area contributed by atoms with Crippen LogP contribution < -0.4 is 10.6 Å². The van der Waals surface area contributed by atoms with E-state index in [2.05, 4.69) is 60.8 Å². The van der Waals surface area contributed by atoms with E-state index in [-0.39, 0.29) is 23.9 Å². The van der Waals surface area contributed by atoms with Crippen LogP contribution in [0.4, 0.5) is 15.0 Å². The van der Waals surface area contributed by atoms with E-state index in [1.165, 1.54) is 37.5 Å². The number of rotatable bonds is 9. The molecule has 1 aromatic carbocycles. The summed E-state index contributed by atoms with van der Waals surface area (Å²) in [4.78, 5) is 27.0. The lowest BCUT2D eigenvalue weighted by atomic mass is 9.91. The van der Waals surface area contributed by atoms with Crippen LogP contribution in [-0.4, -0.2) is 76.8 Å². The number of benzene rings is 1. The number of alkyl carbamates (subject to hydrolysis) is 1. The summed E-state index contributed by atoms with van der Waals surface area (Å²) in [5, 5.41) is 24.6. The zero-order valence-corrected chi connectivity index (χ0v) is 32.2. The zero-order chi connectivity index (χ0) is 37.8. The largest absolute Gasteiger partial charge is 0.444 e. The molecule has 2 amide bonds. The first-order valence-corrected chi connectivity index (χ1v) is 19.9. The molecule has 2 aliphatic rings. The maximum Gasteiger partial charge on any atom is 0.408 e. The van der Waals surface area contributed by atoms with Gasteiger partial charge >= 0.3 is 6.09 Å². The number of ether oxygens (including phenoxy) is 4. The molecule has 4 heterocycles. The van der Waals surface area contributed by atoms with Crippen molar-refractivity contribution in [2.45, 2.75) is 128 Å². The minimum Gasteiger partial charge on any atom is -0.444 e. The number of nitriles is 1. The molecule has 276 valence electrons. The zero-order valence-electron chi connectivity index (χ0n) is 31.2. The molecule has 0 bridgehead atoms. The highest BCUT2D eigenvalue weighted by atomic mass is 28.4. The monoisotopic (exact) mass is 724 g/mol. The normalized spacial score (nSPS) is 24.4. The third-order valence-electron chi connectivity index (χ3n) is 9.66. The molecule has 3 aromatic rings. The van der Waals surface area contributed by atoms with Crippen molar-refractivity contribution in [1.29, 1.82) is 5.26 Å². The predicted octanol–water partition coefficient (Wildman–Crippen LogP) is 5.99. The number of nitrogens with one attached hydrogen (secondary N) is 2. The topological polar surface area (TPSA) is 158 Å². The summed E-state index contributed by atoms with van der Waals surface area (Å²) in [6.07, 6.45) is -1.41. The average Bonchev–Trinajstić information content (AvgIpc) is 3.66. The Morgan fingerprint density at radius 2 is 1.71 bits per heavy atom. The Balaban J connectivity index is 1.48. The number of carbonyl (C=O) groups is 2. The minimum atomic E-state index is -2.18. The summed E-state index contributed by atoms with van der Waals surface area (Å²) in [6, 6.07) is 11.4. The Kier molecular flexibility index (Phi) is 9.94. The molecule has 2 fully saturated rings. The smallest absolute Gasteiger partial charge is 0.408 e. The summed E-state index contributed by atoms with van der Waals surface area (Å²) in [6.45, 7) is 21.2. The predicted molar refractivity (Wildman–Crippen MR) is 189 cm³/mol. The van der Waals surface area contributed by atoms with Crippen molar-refractivity contribution < 1.29 is 37.4 Å². The number of hydrogen-bond donors (Lipinski definition) is 2. The van der Waals surface area contributed by atoms with E-state index in [0.717, 1.165) is 0 Å². The fourth-order valence-corrected chi connectivity index (χ4v) is 7.06. The van der Waals surface area contributed by atoms with Crippen molar-refractivity contribution in [2.24, 2.45) is 0 Å². The Bertz CT molecular complexity index is 1830. The summed E-state index contributed by atoms with van der Waals surface area (Å²) in [5.74, 6) is -1.99.